The van der Waals surface area contributed by atoms with E-state index in [2.05, 4.69) is 54.3 Å². The lowest BCUT2D eigenvalue weighted by Gasteiger charge is -2.29. The average molecular weight is 389 g/mol. The molecule has 0 N–H and O–H groups in total. The summed E-state index contributed by atoms with van der Waals surface area (Å²) in [6, 6.07) is 20.7. The molecule has 4 rings (SSSR count). The molecule has 3 aromatic rings. The summed E-state index contributed by atoms with van der Waals surface area (Å²) in [5, 5.41) is 0. The highest BCUT2D eigenvalue weighted by Crippen LogP contribution is 2.33. The van der Waals surface area contributed by atoms with Gasteiger partial charge in [-0.05, 0) is 66.4 Å². The van der Waals surface area contributed by atoms with Crippen molar-refractivity contribution in [2.24, 2.45) is 0 Å². The summed E-state index contributed by atoms with van der Waals surface area (Å²) in [6.45, 7) is 4.88. The van der Waals surface area contributed by atoms with E-state index in [1.165, 1.54) is 22.3 Å². The Balaban J connectivity index is 1.45. The number of fused-ring (bicyclic) bond motifs is 1. The lowest BCUT2D eigenvalue weighted by molar-refractivity contribution is 0.244. The summed E-state index contributed by atoms with van der Waals surface area (Å²) in [5.41, 5.74) is 5.13. The molecule has 4 nitrogen and oxygen atoms in total. The van der Waals surface area contributed by atoms with Crippen LogP contribution in [-0.2, 0) is 19.5 Å². The van der Waals surface area contributed by atoms with Crippen molar-refractivity contribution in [2.75, 3.05) is 20.8 Å². The number of methoxy groups -OCH3 is 2. The predicted molar refractivity (Wildman–Crippen MR) is 115 cm³/mol. The molecule has 0 aliphatic carbocycles. The molecular weight excluding hydrogens is 362 g/mol. The average Bonchev–Trinajstić information content (AvgIpc) is 2.74. The number of hydrogen-bond donors (Lipinski definition) is 0. The first-order valence-electron chi connectivity index (χ1n) is 9.94. The van der Waals surface area contributed by atoms with Crippen LogP contribution in [0.2, 0.25) is 0 Å². The standard InChI is InChI=1S/C25H27NO3/c1-18-7-9-22(10-8-18)29-23-6-4-5-19(13-23)16-26-12-11-20-14-24(27-2)25(28-3)15-21(20)17-26/h4-10,13-15H,11-12,16-17H2,1-3H3. The Morgan fingerprint density at radius 2 is 1.55 bits per heavy atom. The number of rotatable bonds is 6. The van der Waals surface area contributed by atoms with Crippen LogP contribution in [0.15, 0.2) is 60.7 Å². The third-order valence-corrected chi connectivity index (χ3v) is 5.36. The van der Waals surface area contributed by atoms with Gasteiger partial charge in [0, 0.05) is 19.6 Å². The molecule has 0 atom stereocenters. The Labute approximate surface area is 172 Å². The van der Waals surface area contributed by atoms with E-state index in [1.807, 2.05) is 18.2 Å². The van der Waals surface area contributed by atoms with Crippen molar-refractivity contribution in [3.05, 3.63) is 82.9 Å². The fourth-order valence-corrected chi connectivity index (χ4v) is 3.78. The topological polar surface area (TPSA) is 30.9 Å². The van der Waals surface area contributed by atoms with Crippen molar-refractivity contribution in [2.45, 2.75) is 26.4 Å². The smallest absolute Gasteiger partial charge is 0.161 e. The molecule has 0 spiro atoms. The van der Waals surface area contributed by atoms with E-state index >= 15 is 0 Å². The van der Waals surface area contributed by atoms with Gasteiger partial charge in [-0.25, -0.2) is 0 Å². The van der Waals surface area contributed by atoms with Gasteiger partial charge in [0.25, 0.3) is 0 Å². The van der Waals surface area contributed by atoms with Gasteiger partial charge in [0.15, 0.2) is 11.5 Å². The quantitative estimate of drug-likeness (QED) is 0.568. The normalized spacial score (nSPS) is 13.6. The number of nitrogens with zero attached hydrogens (tertiary/aromatic N) is 1. The summed E-state index contributed by atoms with van der Waals surface area (Å²) in [6.07, 6.45) is 1.01. The molecular formula is C25H27NO3. The van der Waals surface area contributed by atoms with Crippen LogP contribution in [0.1, 0.15) is 22.3 Å². The fraction of sp³-hybridized carbons (Fsp3) is 0.280. The molecule has 29 heavy (non-hydrogen) atoms. The molecule has 1 heterocycles. The highest BCUT2D eigenvalue weighted by atomic mass is 16.5. The molecule has 0 bridgehead atoms. The van der Waals surface area contributed by atoms with Crippen molar-refractivity contribution in [1.29, 1.82) is 0 Å². The van der Waals surface area contributed by atoms with Gasteiger partial charge in [0.2, 0.25) is 0 Å². The first-order chi connectivity index (χ1) is 14.1. The van der Waals surface area contributed by atoms with Crippen molar-refractivity contribution < 1.29 is 14.2 Å². The van der Waals surface area contributed by atoms with Gasteiger partial charge in [0.05, 0.1) is 14.2 Å². The van der Waals surface area contributed by atoms with Crippen LogP contribution >= 0.6 is 0 Å². The zero-order valence-corrected chi connectivity index (χ0v) is 17.3. The van der Waals surface area contributed by atoms with Crippen LogP contribution in [0, 0.1) is 6.92 Å². The van der Waals surface area contributed by atoms with Gasteiger partial charge < -0.3 is 14.2 Å². The number of hydrogen-bond acceptors (Lipinski definition) is 4. The van der Waals surface area contributed by atoms with Gasteiger partial charge in [-0.2, -0.15) is 0 Å². The molecule has 4 heteroatoms. The summed E-state index contributed by atoms with van der Waals surface area (Å²) in [5.74, 6) is 3.33. The Morgan fingerprint density at radius 1 is 0.828 bits per heavy atom. The van der Waals surface area contributed by atoms with Crippen LogP contribution in [0.5, 0.6) is 23.0 Å². The molecule has 3 aromatic carbocycles. The van der Waals surface area contributed by atoms with E-state index < -0.39 is 0 Å². The minimum atomic E-state index is 0.793. The van der Waals surface area contributed by atoms with Crippen molar-refractivity contribution in [1.82, 2.24) is 4.90 Å². The summed E-state index contributed by atoms with van der Waals surface area (Å²) >= 11 is 0. The minimum absolute atomic E-state index is 0.793. The first kappa shape index (κ1) is 19.3. The number of aryl methyl sites for hydroxylation is 1. The lowest BCUT2D eigenvalue weighted by atomic mass is 9.98. The second kappa shape index (κ2) is 8.58. The first-order valence-corrected chi connectivity index (χ1v) is 9.94. The zero-order chi connectivity index (χ0) is 20.2. The van der Waals surface area contributed by atoms with E-state index in [4.69, 9.17) is 14.2 Å². The minimum Gasteiger partial charge on any atom is -0.493 e. The van der Waals surface area contributed by atoms with Gasteiger partial charge in [-0.15, -0.1) is 0 Å². The molecule has 1 aliphatic heterocycles. The van der Waals surface area contributed by atoms with Crippen LogP contribution in [0.25, 0.3) is 0 Å². The molecule has 0 amide bonds. The van der Waals surface area contributed by atoms with E-state index in [0.29, 0.717) is 0 Å². The van der Waals surface area contributed by atoms with E-state index in [-0.39, 0.29) is 0 Å². The molecule has 0 radical (unpaired) electrons. The Kier molecular flexibility index (Phi) is 5.72. The third-order valence-electron chi connectivity index (χ3n) is 5.36. The maximum absolute atomic E-state index is 6.03. The summed E-state index contributed by atoms with van der Waals surface area (Å²) in [7, 11) is 3.37. The second-order valence-electron chi connectivity index (χ2n) is 7.50. The molecule has 0 saturated carbocycles. The lowest BCUT2D eigenvalue weighted by Crippen LogP contribution is -2.30. The highest BCUT2D eigenvalue weighted by molar-refractivity contribution is 5.48. The van der Waals surface area contributed by atoms with Crippen molar-refractivity contribution in [3.63, 3.8) is 0 Å². The second-order valence-corrected chi connectivity index (χ2v) is 7.50. The Hall–Kier alpha value is -2.98. The molecule has 0 unspecified atom stereocenters. The monoisotopic (exact) mass is 389 g/mol. The molecule has 0 saturated heterocycles. The summed E-state index contributed by atoms with van der Waals surface area (Å²) in [4.78, 5) is 2.46. The van der Waals surface area contributed by atoms with Crippen molar-refractivity contribution in [3.8, 4) is 23.0 Å². The Morgan fingerprint density at radius 3 is 2.28 bits per heavy atom. The third kappa shape index (κ3) is 4.54. The van der Waals surface area contributed by atoms with Crippen LogP contribution in [0.3, 0.4) is 0 Å². The fourth-order valence-electron chi connectivity index (χ4n) is 3.78. The number of ether oxygens (including phenoxy) is 3. The SMILES string of the molecule is COc1cc2c(cc1OC)CN(Cc1cccc(Oc3ccc(C)cc3)c1)CC2. The maximum atomic E-state index is 6.03. The van der Waals surface area contributed by atoms with E-state index in [1.54, 1.807) is 14.2 Å². The van der Waals surface area contributed by atoms with Gasteiger partial charge in [-0.3, -0.25) is 4.90 Å². The highest BCUT2D eigenvalue weighted by Gasteiger charge is 2.19. The van der Waals surface area contributed by atoms with Gasteiger partial charge in [-0.1, -0.05) is 29.8 Å². The zero-order valence-electron chi connectivity index (χ0n) is 17.3. The van der Waals surface area contributed by atoms with Gasteiger partial charge in [0.1, 0.15) is 11.5 Å². The largest absolute Gasteiger partial charge is 0.493 e. The maximum Gasteiger partial charge on any atom is 0.161 e. The van der Waals surface area contributed by atoms with E-state index in [9.17, 15) is 0 Å². The molecule has 150 valence electrons. The predicted octanol–water partition coefficient (Wildman–Crippen LogP) is 5.36. The van der Waals surface area contributed by atoms with Crippen LogP contribution in [0.4, 0.5) is 0 Å². The molecule has 0 fully saturated rings. The van der Waals surface area contributed by atoms with Gasteiger partial charge >= 0.3 is 0 Å². The molecule has 0 aromatic heterocycles. The van der Waals surface area contributed by atoms with E-state index in [0.717, 1.165) is 49.1 Å². The summed E-state index contributed by atoms with van der Waals surface area (Å²) < 4.78 is 16.9. The van der Waals surface area contributed by atoms with Crippen molar-refractivity contribution >= 4 is 0 Å². The molecule has 1 aliphatic rings. The number of benzene rings is 3. The van der Waals surface area contributed by atoms with Crippen LogP contribution in [-0.4, -0.2) is 25.7 Å². The van der Waals surface area contributed by atoms with Crippen LogP contribution < -0.4 is 14.2 Å². The Bertz CT molecular complexity index is 982.